The molecule has 2 N–H and O–H groups in total. The Kier molecular flexibility index (Phi) is 9.68. The maximum atomic E-state index is 4.92. The lowest BCUT2D eigenvalue weighted by Gasteiger charge is -2.17. The van der Waals surface area contributed by atoms with Crippen LogP contribution in [-0.4, -0.2) is 40.2 Å². The SMILES string of the molecule is CCNC(=NCC(Cc1ccccc1)c1ccccc1)NCCc1nnc2ccccn12.I. The number of hydrogen-bond acceptors (Lipinski definition) is 3. The molecule has 1 unspecified atom stereocenters. The fourth-order valence-electron chi connectivity index (χ4n) is 3.81. The Balaban J connectivity index is 0.00000306. The predicted octanol–water partition coefficient (Wildman–Crippen LogP) is 4.47. The van der Waals surface area contributed by atoms with Crippen molar-refractivity contribution in [2.45, 2.75) is 25.7 Å². The lowest BCUT2D eigenvalue weighted by Crippen LogP contribution is -2.38. The van der Waals surface area contributed by atoms with Crippen LogP contribution in [-0.2, 0) is 12.8 Å². The van der Waals surface area contributed by atoms with Gasteiger partial charge in [-0.15, -0.1) is 34.2 Å². The van der Waals surface area contributed by atoms with Crippen molar-refractivity contribution in [2.24, 2.45) is 4.99 Å². The third-order valence-electron chi connectivity index (χ3n) is 5.44. The molecule has 0 saturated heterocycles. The first-order chi connectivity index (χ1) is 15.8. The standard InChI is InChI=1S/C26H30N6.HI/c1-2-27-26(28-17-16-25-31-30-24-15-9-10-18-32(24)25)29-20-23(22-13-7-4-8-14-22)19-21-11-5-3-6-12-21;/h3-15,18,23H,2,16-17,19-20H2,1H3,(H2,27,28,29);1H. The molecule has 0 aliphatic heterocycles. The largest absolute Gasteiger partial charge is 0.357 e. The maximum Gasteiger partial charge on any atom is 0.191 e. The summed E-state index contributed by atoms with van der Waals surface area (Å²) in [5.74, 6) is 2.08. The lowest BCUT2D eigenvalue weighted by molar-refractivity contribution is 0.683. The quantitative estimate of drug-likeness (QED) is 0.182. The van der Waals surface area contributed by atoms with E-state index in [1.54, 1.807) is 0 Å². The molecule has 172 valence electrons. The second kappa shape index (κ2) is 12.9. The number of aromatic nitrogens is 3. The van der Waals surface area contributed by atoms with Crippen LogP contribution in [0.5, 0.6) is 0 Å². The average molecular weight is 554 g/mol. The maximum absolute atomic E-state index is 4.92. The van der Waals surface area contributed by atoms with Crippen molar-refractivity contribution >= 4 is 35.6 Å². The molecule has 4 rings (SSSR count). The van der Waals surface area contributed by atoms with Gasteiger partial charge in [0.05, 0.1) is 0 Å². The Morgan fingerprint density at radius 2 is 1.64 bits per heavy atom. The van der Waals surface area contributed by atoms with Crippen molar-refractivity contribution in [1.29, 1.82) is 0 Å². The summed E-state index contributed by atoms with van der Waals surface area (Å²) in [5, 5.41) is 15.4. The van der Waals surface area contributed by atoms with Crippen molar-refractivity contribution in [3.8, 4) is 0 Å². The van der Waals surface area contributed by atoms with Gasteiger partial charge in [-0.25, -0.2) is 0 Å². The van der Waals surface area contributed by atoms with Crippen LogP contribution < -0.4 is 10.6 Å². The molecule has 4 aromatic rings. The number of pyridine rings is 1. The third kappa shape index (κ3) is 7.02. The molecule has 2 heterocycles. The number of hydrogen-bond donors (Lipinski definition) is 2. The highest BCUT2D eigenvalue weighted by Gasteiger charge is 2.13. The summed E-state index contributed by atoms with van der Waals surface area (Å²) in [6.45, 7) is 4.34. The van der Waals surface area contributed by atoms with E-state index in [2.05, 4.69) is 88.4 Å². The Bertz CT molecular complexity index is 1130. The summed E-state index contributed by atoms with van der Waals surface area (Å²) in [5.41, 5.74) is 3.51. The molecule has 2 aromatic heterocycles. The van der Waals surface area contributed by atoms with E-state index in [1.807, 2.05) is 28.8 Å². The first-order valence-corrected chi connectivity index (χ1v) is 11.2. The minimum absolute atomic E-state index is 0. The van der Waals surface area contributed by atoms with E-state index in [0.29, 0.717) is 12.5 Å². The predicted molar refractivity (Wildman–Crippen MR) is 145 cm³/mol. The van der Waals surface area contributed by atoms with Gasteiger partial charge in [-0.2, -0.15) is 0 Å². The molecule has 6 nitrogen and oxygen atoms in total. The molecule has 0 amide bonds. The fraction of sp³-hybridized carbons (Fsp3) is 0.269. The van der Waals surface area contributed by atoms with E-state index in [4.69, 9.17) is 4.99 Å². The molecule has 33 heavy (non-hydrogen) atoms. The molecule has 0 aliphatic carbocycles. The van der Waals surface area contributed by atoms with Crippen LogP contribution in [0.15, 0.2) is 90.1 Å². The van der Waals surface area contributed by atoms with Crippen LogP contribution in [0.25, 0.3) is 5.65 Å². The number of nitrogens with zero attached hydrogens (tertiary/aromatic N) is 4. The molecular weight excluding hydrogens is 523 g/mol. The first-order valence-electron chi connectivity index (χ1n) is 11.2. The van der Waals surface area contributed by atoms with E-state index in [1.165, 1.54) is 11.1 Å². The normalized spacial score (nSPS) is 12.2. The smallest absolute Gasteiger partial charge is 0.191 e. The molecule has 2 aromatic carbocycles. The topological polar surface area (TPSA) is 66.6 Å². The molecule has 0 aliphatic rings. The lowest BCUT2D eigenvalue weighted by atomic mass is 9.92. The van der Waals surface area contributed by atoms with Gasteiger partial charge in [0.25, 0.3) is 0 Å². The van der Waals surface area contributed by atoms with Gasteiger partial charge in [0.1, 0.15) is 5.82 Å². The monoisotopic (exact) mass is 554 g/mol. The van der Waals surface area contributed by atoms with E-state index in [-0.39, 0.29) is 24.0 Å². The summed E-state index contributed by atoms with van der Waals surface area (Å²) in [4.78, 5) is 4.92. The number of benzene rings is 2. The fourth-order valence-corrected chi connectivity index (χ4v) is 3.81. The number of rotatable bonds is 9. The molecule has 0 spiro atoms. The van der Waals surface area contributed by atoms with Crippen LogP contribution in [0, 0.1) is 0 Å². The van der Waals surface area contributed by atoms with Gasteiger partial charge in [-0.05, 0) is 36.6 Å². The van der Waals surface area contributed by atoms with E-state index >= 15 is 0 Å². The molecule has 0 radical (unpaired) electrons. The van der Waals surface area contributed by atoms with Gasteiger partial charge in [-0.3, -0.25) is 9.39 Å². The van der Waals surface area contributed by atoms with Crippen molar-refractivity contribution < 1.29 is 0 Å². The summed E-state index contributed by atoms with van der Waals surface area (Å²) in [7, 11) is 0. The molecule has 0 saturated carbocycles. The summed E-state index contributed by atoms with van der Waals surface area (Å²) >= 11 is 0. The average Bonchev–Trinajstić information content (AvgIpc) is 3.26. The van der Waals surface area contributed by atoms with Gasteiger partial charge < -0.3 is 10.6 Å². The van der Waals surface area contributed by atoms with E-state index in [0.717, 1.165) is 43.4 Å². The van der Waals surface area contributed by atoms with Gasteiger partial charge >= 0.3 is 0 Å². The molecule has 0 bridgehead atoms. The number of nitrogens with one attached hydrogen (secondary N) is 2. The van der Waals surface area contributed by atoms with Crippen LogP contribution >= 0.6 is 24.0 Å². The molecular formula is C26H31IN6. The Hall–Kier alpha value is -2.94. The summed E-state index contributed by atoms with van der Waals surface area (Å²) in [6, 6.07) is 27.2. The van der Waals surface area contributed by atoms with Crippen LogP contribution in [0.3, 0.4) is 0 Å². The second-order valence-electron chi connectivity index (χ2n) is 7.74. The molecule has 7 heteroatoms. The number of halogens is 1. The van der Waals surface area contributed by atoms with Crippen molar-refractivity contribution in [2.75, 3.05) is 19.6 Å². The van der Waals surface area contributed by atoms with E-state index < -0.39 is 0 Å². The Morgan fingerprint density at radius 3 is 2.39 bits per heavy atom. The number of fused-ring (bicyclic) bond motifs is 1. The van der Waals surface area contributed by atoms with Gasteiger partial charge in [0.15, 0.2) is 11.6 Å². The number of aliphatic imine (C=N–C) groups is 1. The van der Waals surface area contributed by atoms with Crippen molar-refractivity contribution in [3.05, 3.63) is 102 Å². The zero-order valence-electron chi connectivity index (χ0n) is 18.9. The molecule has 1 atom stereocenters. The number of guanidine groups is 1. The van der Waals surface area contributed by atoms with Crippen molar-refractivity contribution in [1.82, 2.24) is 25.2 Å². The highest BCUT2D eigenvalue weighted by atomic mass is 127. The minimum atomic E-state index is 0. The Labute approximate surface area is 212 Å². The van der Waals surface area contributed by atoms with E-state index in [9.17, 15) is 0 Å². The summed E-state index contributed by atoms with van der Waals surface area (Å²) < 4.78 is 2.02. The minimum Gasteiger partial charge on any atom is -0.357 e. The van der Waals surface area contributed by atoms with Gasteiger partial charge in [-0.1, -0.05) is 66.7 Å². The summed E-state index contributed by atoms with van der Waals surface area (Å²) in [6.07, 6.45) is 3.72. The second-order valence-corrected chi connectivity index (χ2v) is 7.74. The highest BCUT2D eigenvalue weighted by molar-refractivity contribution is 14.0. The first kappa shape index (κ1) is 24.7. The van der Waals surface area contributed by atoms with Crippen LogP contribution in [0.2, 0.25) is 0 Å². The van der Waals surface area contributed by atoms with Crippen LogP contribution in [0.1, 0.15) is 29.8 Å². The third-order valence-corrected chi connectivity index (χ3v) is 5.44. The zero-order chi connectivity index (χ0) is 22.0. The van der Waals surface area contributed by atoms with Crippen LogP contribution in [0.4, 0.5) is 0 Å². The zero-order valence-corrected chi connectivity index (χ0v) is 21.2. The highest BCUT2D eigenvalue weighted by Crippen LogP contribution is 2.21. The van der Waals surface area contributed by atoms with Gasteiger partial charge in [0, 0.05) is 38.2 Å². The Morgan fingerprint density at radius 1 is 0.909 bits per heavy atom. The van der Waals surface area contributed by atoms with Gasteiger partial charge in [0.2, 0.25) is 0 Å². The van der Waals surface area contributed by atoms with Crippen molar-refractivity contribution in [3.63, 3.8) is 0 Å². The molecule has 0 fully saturated rings.